The summed E-state index contributed by atoms with van der Waals surface area (Å²) in [7, 11) is 0. The van der Waals surface area contributed by atoms with Crippen LogP contribution < -0.4 is 5.73 Å². The third-order valence-electron chi connectivity index (χ3n) is 2.01. The molecule has 0 aromatic carbocycles. The van der Waals surface area contributed by atoms with Gasteiger partial charge in [0.25, 0.3) is 0 Å². The van der Waals surface area contributed by atoms with Gasteiger partial charge in [0.15, 0.2) is 17.3 Å². The molecule has 0 spiro atoms. The summed E-state index contributed by atoms with van der Waals surface area (Å²) in [6.07, 6.45) is 0.143. The third kappa shape index (κ3) is 1.19. The van der Waals surface area contributed by atoms with E-state index in [0.717, 1.165) is 0 Å². The Balaban J connectivity index is 2.58. The van der Waals surface area contributed by atoms with Crippen molar-refractivity contribution in [2.45, 2.75) is 26.3 Å². The monoisotopic (exact) mass is 193 g/mol. The number of rotatable bonds is 1. The first-order valence-corrected chi connectivity index (χ1v) is 4.41. The summed E-state index contributed by atoms with van der Waals surface area (Å²) < 4.78 is 1.60. The molecule has 0 saturated carbocycles. The standard InChI is InChI=1S/C8H11N5O/c1-4(2)13-8-7(11-12-13)5(14)3-6(9)10-8/h4H,3H2,1-2H3,(H2,9,10). The van der Waals surface area contributed by atoms with E-state index in [1.165, 1.54) is 0 Å². The Morgan fingerprint density at radius 3 is 2.86 bits per heavy atom. The highest BCUT2D eigenvalue weighted by atomic mass is 16.1. The minimum atomic E-state index is -0.112. The Kier molecular flexibility index (Phi) is 1.83. The van der Waals surface area contributed by atoms with Crippen LogP contribution in [-0.4, -0.2) is 26.6 Å². The lowest BCUT2D eigenvalue weighted by Crippen LogP contribution is -2.21. The van der Waals surface area contributed by atoms with Crippen molar-refractivity contribution in [3.8, 4) is 0 Å². The molecule has 6 heteroatoms. The Labute approximate surface area is 80.8 Å². The maximum absolute atomic E-state index is 11.5. The van der Waals surface area contributed by atoms with E-state index in [1.807, 2.05) is 13.8 Å². The van der Waals surface area contributed by atoms with Crippen LogP contribution in [0.2, 0.25) is 0 Å². The van der Waals surface area contributed by atoms with Crippen LogP contribution in [0.1, 0.15) is 36.8 Å². The summed E-state index contributed by atoms with van der Waals surface area (Å²) in [5.74, 6) is 0.694. The van der Waals surface area contributed by atoms with E-state index in [4.69, 9.17) is 5.73 Å². The van der Waals surface area contributed by atoms with Crippen molar-refractivity contribution in [2.24, 2.45) is 10.7 Å². The molecule has 0 aliphatic carbocycles. The molecule has 0 amide bonds. The van der Waals surface area contributed by atoms with E-state index in [1.54, 1.807) is 4.68 Å². The number of Topliss-reactive ketones (excluding diaryl/α,β-unsaturated/α-hetero) is 1. The van der Waals surface area contributed by atoms with Crippen molar-refractivity contribution in [1.82, 2.24) is 15.0 Å². The number of amidine groups is 1. The van der Waals surface area contributed by atoms with Crippen LogP contribution in [0.5, 0.6) is 0 Å². The molecule has 0 saturated heterocycles. The summed E-state index contributed by atoms with van der Waals surface area (Å²) in [5, 5.41) is 7.66. The predicted octanol–water partition coefficient (Wildman–Crippen LogP) is 0.434. The summed E-state index contributed by atoms with van der Waals surface area (Å²) >= 11 is 0. The zero-order valence-corrected chi connectivity index (χ0v) is 8.06. The molecule has 14 heavy (non-hydrogen) atoms. The fourth-order valence-corrected chi connectivity index (χ4v) is 1.34. The second-order valence-electron chi connectivity index (χ2n) is 3.50. The third-order valence-corrected chi connectivity index (χ3v) is 2.01. The van der Waals surface area contributed by atoms with Gasteiger partial charge in [0, 0.05) is 0 Å². The normalized spacial score (nSPS) is 15.6. The fraction of sp³-hybridized carbons (Fsp3) is 0.500. The molecule has 6 nitrogen and oxygen atoms in total. The lowest BCUT2D eigenvalue weighted by atomic mass is 10.1. The second-order valence-corrected chi connectivity index (χ2v) is 3.50. The smallest absolute Gasteiger partial charge is 0.194 e. The molecule has 1 aliphatic rings. The first-order valence-electron chi connectivity index (χ1n) is 4.41. The minimum absolute atomic E-state index is 0.112. The van der Waals surface area contributed by atoms with Gasteiger partial charge in [-0.15, -0.1) is 5.10 Å². The van der Waals surface area contributed by atoms with Crippen molar-refractivity contribution >= 4 is 17.4 Å². The zero-order valence-electron chi connectivity index (χ0n) is 8.06. The van der Waals surface area contributed by atoms with Crippen molar-refractivity contribution in [3.63, 3.8) is 0 Å². The largest absolute Gasteiger partial charge is 0.387 e. The van der Waals surface area contributed by atoms with Gasteiger partial charge in [-0.25, -0.2) is 9.67 Å². The minimum Gasteiger partial charge on any atom is -0.387 e. The number of carbonyl (C=O) groups is 1. The quantitative estimate of drug-likeness (QED) is 0.700. The van der Waals surface area contributed by atoms with Crippen LogP contribution in [0.3, 0.4) is 0 Å². The van der Waals surface area contributed by atoms with Gasteiger partial charge < -0.3 is 5.73 Å². The summed E-state index contributed by atoms with van der Waals surface area (Å²) in [5.41, 5.74) is 5.86. The average molecular weight is 193 g/mol. The number of hydrogen-bond donors (Lipinski definition) is 1. The highest BCUT2D eigenvalue weighted by Crippen LogP contribution is 2.25. The molecule has 2 rings (SSSR count). The molecule has 0 atom stereocenters. The van der Waals surface area contributed by atoms with E-state index in [0.29, 0.717) is 17.3 Å². The van der Waals surface area contributed by atoms with Crippen LogP contribution >= 0.6 is 0 Å². The van der Waals surface area contributed by atoms with E-state index < -0.39 is 0 Å². The van der Waals surface area contributed by atoms with Crippen molar-refractivity contribution < 1.29 is 4.79 Å². The maximum Gasteiger partial charge on any atom is 0.194 e. The molecule has 0 bridgehead atoms. The first kappa shape index (κ1) is 8.86. The number of carbonyl (C=O) groups excluding carboxylic acids is 1. The molecule has 1 aromatic heterocycles. The van der Waals surface area contributed by atoms with E-state index >= 15 is 0 Å². The second kappa shape index (κ2) is 2.90. The Bertz CT molecular complexity index is 417. The van der Waals surface area contributed by atoms with Crippen LogP contribution in [0.15, 0.2) is 4.99 Å². The molecule has 74 valence electrons. The molecule has 0 radical (unpaired) electrons. The van der Waals surface area contributed by atoms with Gasteiger partial charge in [0.1, 0.15) is 5.84 Å². The van der Waals surface area contributed by atoms with E-state index in [-0.39, 0.29) is 18.2 Å². The van der Waals surface area contributed by atoms with Crippen LogP contribution in [0, 0.1) is 0 Å². The van der Waals surface area contributed by atoms with Crippen molar-refractivity contribution in [1.29, 1.82) is 0 Å². The van der Waals surface area contributed by atoms with Gasteiger partial charge in [-0.3, -0.25) is 4.79 Å². The highest BCUT2D eigenvalue weighted by Gasteiger charge is 2.25. The number of fused-ring (bicyclic) bond motifs is 1. The number of aromatic nitrogens is 3. The van der Waals surface area contributed by atoms with Crippen molar-refractivity contribution in [3.05, 3.63) is 5.69 Å². The lowest BCUT2D eigenvalue weighted by molar-refractivity contribution is 0.0994. The Hall–Kier alpha value is -1.72. The summed E-state index contributed by atoms with van der Waals surface area (Å²) in [6.45, 7) is 3.89. The van der Waals surface area contributed by atoms with Crippen molar-refractivity contribution in [2.75, 3.05) is 0 Å². The molecule has 2 heterocycles. The molecule has 1 aromatic rings. The van der Waals surface area contributed by atoms with Gasteiger partial charge in [-0.1, -0.05) is 5.21 Å². The van der Waals surface area contributed by atoms with Gasteiger partial charge in [-0.05, 0) is 13.8 Å². The SMILES string of the molecule is CC(C)n1nnc2c1N=C(N)CC2=O. The summed E-state index contributed by atoms with van der Waals surface area (Å²) in [6, 6.07) is 0.119. The van der Waals surface area contributed by atoms with Crippen LogP contribution in [0.4, 0.5) is 5.82 Å². The molecular weight excluding hydrogens is 182 g/mol. The predicted molar refractivity (Wildman–Crippen MR) is 50.6 cm³/mol. The topological polar surface area (TPSA) is 86.2 Å². The highest BCUT2D eigenvalue weighted by molar-refractivity contribution is 6.13. The number of aliphatic imine (C=N–C) groups is 1. The van der Waals surface area contributed by atoms with Gasteiger partial charge >= 0.3 is 0 Å². The Morgan fingerprint density at radius 2 is 2.21 bits per heavy atom. The van der Waals surface area contributed by atoms with Gasteiger partial charge in [0.2, 0.25) is 0 Å². The number of ketones is 1. The van der Waals surface area contributed by atoms with E-state index in [2.05, 4.69) is 15.3 Å². The first-order chi connectivity index (χ1) is 6.59. The Morgan fingerprint density at radius 1 is 1.50 bits per heavy atom. The maximum atomic E-state index is 11.5. The number of nitrogens with two attached hydrogens (primary N) is 1. The average Bonchev–Trinajstić information content (AvgIpc) is 2.47. The number of hydrogen-bond acceptors (Lipinski definition) is 5. The van der Waals surface area contributed by atoms with E-state index in [9.17, 15) is 4.79 Å². The summed E-state index contributed by atoms with van der Waals surface area (Å²) in [4.78, 5) is 15.5. The van der Waals surface area contributed by atoms with Gasteiger partial charge in [0.05, 0.1) is 12.5 Å². The molecular formula is C8H11N5O. The number of nitrogens with zero attached hydrogens (tertiary/aromatic N) is 4. The van der Waals surface area contributed by atoms with Gasteiger partial charge in [-0.2, -0.15) is 0 Å². The molecule has 0 unspecified atom stereocenters. The fourth-order valence-electron chi connectivity index (χ4n) is 1.34. The lowest BCUT2D eigenvalue weighted by Gasteiger charge is -2.10. The molecule has 0 fully saturated rings. The van der Waals surface area contributed by atoms with Crippen LogP contribution in [-0.2, 0) is 0 Å². The van der Waals surface area contributed by atoms with Crippen LogP contribution in [0.25, 0.3) is 0 Å². The zero-order chi connectivity index (χ0) is 10.3. The molecule has 1 aliphatic heterocycles. The molecule has 2 N–H and O–H groups in total.